The first-order valence-corrected chi connectivity index (χ1v) is 6.50. The fraction of sp³-hybridized carbons (Fsp3) is 0.615. The maximum absolute atomic E-state index is 10.1. The Bertz CT molecular complexity index is 330. The maximum Gasteiger partial charge on any atom is 0.222 e. The molecule has 1 rings (SSSR count). The third kappa shape index (κ3) is 7.60. The van der Waals surface area contributed by atoms with Crippen molar-refractivity contribution in [3.63, 3.8) is 0 Å². The van der Waals surface area contributed by atoms with Gasteiger partial charge in [0.25, 0.3) is 0 Å². The highest BCUT2D eigenvalue weighted by molar-refractivity contribution is 4.83. The second-order valence-corrected chi connectivity index (χ2v) is 4.25. The van der Waals surface area contributed by atoms with Crippen molar-refractivity contribution in [2.75, 3.05) is 13.2 Å². The minimum atomic E-state index is -0.245. The number of rotatable bonds is 10. The van der Waals surface area contributed by atoms with Crippen molar-refractivity contribution < 1.29 is 14.5 Å². The van der Waals surface area contributed by atoms with Gasteiger partial charge >= 0.3 is 0 Å². The number of nitrogens with zero attached hydrogens (tertiary/aromatic N) is 2. The molecule has 100 valence electrons. The molecule has 1 heterocycles. The molecule has 5 nitrogen and oxygen atoms in total. The van der Waals surface area contributed by atoms with Gasteiger partial charge in [-0.2, -0.15) is 0 Å². The summed E-state index contributed by atoms with van der Waals surface area (Å²) in [7, 11) is 0. The summed E-state index contributed by atoms with van der Waals surface area (Å²) >= 11 is 0. The first kappa shape index (κ1) is 14.4. The van der Waals surface area contributed by atoms with Crippen LogP contribution in [-0.2, 0) is 0 Å². The summed E-state index contributed by atoms with van der Waals surface area (Å²) in [6.07, 6.45) is 9.74. The highest BCUT2D eigenvalue weighted by atomic mass is 16.7. The van der Waals surface area contributed by atoms with Gasteiger partial charge in [-0.15, -0.1) is 0 Å². The zero-order chi connectivity index (χ0) is 13.1. The predicted molar refractivity (Wildman–Crippen MR) is 67.6 cm³/mol. The van der Waals surface area contributed by atoms with Crippen LogP contribution >= 0.6 is 0 Å². The number of nitro groups is 1. The molecule has 1 aromatic heterocycles. The minimum Gasteiger partial charge on any atom is -0.271 e. The van der Waals surface area contributed by atoms with Gasteiger partial charge in [-0.25, -0.2) is 0 Å². The Kier molecular flexibility index (Phi) is 7.52. The van der Waals surface area contributed by atoms with Crippen LogP contribution in [0.1, 0.15) is 38.5 Å². The van der Waals surface area contributed by atoms with Crippen molar-refractivity contribution in [3.05, 3.63) is 40.7 Å². The molecule has 0 unspecified atom stereocenters. The van der Waals surface area contributed by atoms with Gasteiger partial charge in [0.2, 0.25) is 18.9 Å². The van der Waals surface area contributed by atoms with E-state index < -0.39 is 0 Å². The average Bonchev–Trinajstić information content (AvgIpc) is 2.37. The van der Waals surface area contributed by atoms with Crippen LogP contribution in [0.15, 0.2) is 30.6 Å². The normalized spacial score (nSPS) is 10.2. The minimum absolute atomic E-state index is 0.105. The summed E-state index contributed by atoms with van der Waals surface area (Å²) < 4.78 is 1.71. The fourth-order valence-corrected chi connectivity index (χ4v) is 1.69. The molecule has 18 heavy (non-hydrogen) atoms. The Labute approximate surface area is 108 Å². The number of hydrogen-bond donors (Lipinski definition) is 0. The number of aromatic nitrogens is 1. The molecule has 0 aliphatic heterocycles. The molecular weight excluding hydrogens is 232 g/mol. The summed E-state index contributed by atoms with van der Waals surface area (Å²) in [5.74, 6) is 0. The molecule has 1 aromatic rings. The predicted octanol–water partition coefficient (Wildman–Crippen LogP) is 2.02. The van der Waals surface area contributed by atoms with Crippen molar-refractivity contribution in [2.24, 2.45) is 0 Å². The smallest absolute Gasteiger partial charge is 0.222 e. The third-order valence-corrected chi connectivity index (χ3v) is 2.66. The standard InChI is InChI=1S/C13H21N2O3/c16-15(17)12-8-3-1-2-4-9-13-18-14-10-6-5-7-11-14/h5-7,10-11H,1-4,8-9,12-13H2/q+1. The highest BCUT2D eigenvalue weighted by Crippen LogP contribution is 2.04. The monoisotopic (exact) mass is 253 g/mol. The van der Waals surface area contributed by atoms with Crippen LogP contribution in [0.5, 0.6) is 0 Å². The molecule has 0 N–H and O–H groups in total. The third-order valence-electron chi connectivity index (χ3n) is 2.66. The van der Waals surface area contributed by atoms with Crippen LogP contribution in [0.2, 0.25) is 0 Å². The van der Waals surface area contributed by atoms with Crippen molar-refractivity contribution >= 4 is 0 Å². The van der Waals surface area contributed by atoms with Gasteiger partial charge in [0.05, 0.1) is 0 Å². The summed E-state index contributed by atoms with van der Waals surface area (Å²) in [5.41, 5.74) is 0. The maximum atomic E-state index is 10.1. The van der Waals surface area contributed by atoms with Crippen LogP contribution in [0.25, 0.3) is 0 Å². The topological polar surface area (TPSA) is 56.3 Å². The first-order valence-electron chi connectivity index (χ1n) is 6.50. The Morgan fingerprint density at radius 3 is 2.22 bits per heavy atom. The Hall–Kier alpha value is -1.65. The van der Waals surface area contributed by atoms with E-state index in [0.29, 0.717) is 13.0 Å². The van der Waals surface area contributed by atoms with Crippen LogP contribution in [0.3, 0.4) is 0 Å². The molecular formula is C13H21N2O3+. The number of pyridine rings is 1. The fourth-order valence-electron chi connectivity index (χ4n) is 1.69. The van der Waals surface area contributed by atoms with Crippen LogP contribution in [-0.4, -0.2) is 18.1 Å². The van der Waals surface area contributed by atoms with Gasteiger partial charge in [0, 0.05) is 28.2 Å². The Morgan fingerprint density at radius 2 is 1.56 bits per heavy atom. The Balaban J connectivity index is 1.86. The average molecular weight is 253 g/mol. The van der Waals surface area contributed by atoms with Crippen molar-refractivity contribution in [3.8, 4) is 0 Å². The van der Waals surface area contributed by atoms with Crippen LogP contribution in [0, 0.1) is 10.1 Å². The Morgan fingerprint density at radius 1 is 0.944 bits per heavy atom. The van der Waals surface area contributed by atoms with Gasteiger partial charge in [-0.05, 0) is 19.3 Å². The lowest BCUT2D eigenvalue weighted by atomic mass is 10.1. The lowest BCUT2D eigenvalue weighted by Gasteiger charge is -2.00. The van der Waals surface area contributed by atoms with E-state index in [2.05, 4.69) is 0 Å². The quantitative estimate of drug-likeness (QED) is 0.277. The van der Waals surface area contributed by atoms with E-state index in [9.17, 15) is 10.1 Å². The molecule has 0 radical (unpaired) electrons. The summed E-state index contributed by atoms with van der Waals surface area (Å²) in [5, 5.41) is 10.1. The van der Waals surface area contributed by atoms with E-state index in [1.165, 1.54) is 0 Å². The largest absolute Gasteiger partial charge is 0.271 e. The van der Waals surface area contributed by atoms with Crippen LogP contribution < -0.4 is 9.57 Å². The summed E-state index contributed by atoms with van der Waals surface area (Å²) in [6.45, 7) is 0.817. The number of hydrogen-bond acceptors (Lipinski definition) is 3. The molecule has 0 aromatic carbocycles. The molecule has 0 bridgehead atoms. The molecule has 0 saturated carbocycles. The number of unbranched alkanes of at least 4 members (excludes halogenated alkanes) is 5. The van der Waals surface area contributed by atoms with Gasteiger partial charge in [-0.3, -0.25) is 15.0 Å². The van der Waals surface area contributed by atoms with E-state index in [1.54, 1.807) is 4.73 Å². The molecule has 0 saturated heterocycles. The van der Waals surface area contributed by atoms with Crippen molar-refractivity contribution in [2.45, 2.75) is 38.5 Å². The van der Waals surface area contributed by atoms with E-state index in [0.717, 1.165) is 32.1 Å². The molecule has 0 aliphatic rings. The molecule has 5 heteroatoms. The first-order chi connectivity index (χ1) is 8.79. The van der Waals surface area contributed by atoms with Crippen LogP contribution in [0.4, 0.5) is 0 Å². The molecule has 0 amide bonds. The lowest BCUT2D eigenvalue weighted by Crippen LogP contribution is -2.42. The second kappa shape index (κ2) is 9.39. The molecule has 0 aliphatic carbocycles. The summed E-state index contributed by atoms with van der Waals surface area (Å²) in [4.78, 5) is 15.3. The lowest BCUT2D eigenvalue weighted by molar-refractivity contribution is -0.891. The van der Waals surface area contributed by atoms with Gasteiger partial charge in [-0.1, -0.05) is 18.9 Å². The van der Waals surface area contributed by atoms with Gasteiger partial charge in [0.1, 0.15) is 0 Å². The highest BCUT2D eigenvalue weighted by Gasteiger charge is 1.99. The SMILES string of the molecule is O=[N+]([O-])CCCCCCCCO[n+]1ccccc1. The second-order valence-electron chi connectivity index (χ2n) is 4.25. The van der Waals surface area contributed by atoms with E-state index >= 15 is 0 Å². The van der Waals surface area contributed by atoms with E-state index in [-0.39, 0.29) is 11.5 Å². The van der Waals surface area contributed by atoms with E-state index in [1.807, 2.05) is 30.6 Å². The molecule has 0 spiro atoms. The molecule has 0 atom stereocenters. The van der Waals surface area contributed by atoms with Gasteiger partial charge in [0.15, 0.2) is 6.61 Å². The van der Waals surface area contributed by atoms with Gasteiger partial charge < -0.3 is 0 Å². The molecule has 0 fully saturated rings. The van der Waals surface area contributed by atoms with Crippen molar-refractivity contribution in [1.29, 1.82) is 0 Å². The summed E-state index contributed by atoms with van der Waals surface area (Å²) in [6, 6.07) is 5.80. The zero-order valence-corrected chi connectivity index (χ0v) is 10.7. The zero-order valence-electron chi connectivity index (χ0n) is 10.7. The van der Waals surface area contributed by atoms with E-state index in [4.69, 9.17) is 4.84 Å². The van der Waals surface area contributed by atoms with Crippen molar-refractivity contribution in [1.82, 2.24) is 0 Å².